The van der Waals surface area contributed by atoms with Gasteiger partial charge in [-0.1, -0.05) is 15.9 Å². The van der Waals surface area contributed by atoms with Crippen molar-refractivity contribution in [2.24, 2.45) is 0 Å². The first-order valence-corrected chi connectivity index (χ1v) is 9.45. The van der Waals surface area contributed by atoms with E-state index in [0.717, 1.165) is 15.7 Å². The lowest BCUT2D eigenvalue weighted by atomic mass is 10.2. The van der Waals surface area contributed by atoms with Gasteiger partial charge in [-0.25, -0.2) is 4.98 Å². The summed E-state index contributed by atoms with van der Waals surface area (Å²) in [5.74, 6) is 0.0971. The number of amides is 2. The van der Waals surface area contributed by atoms with Crippen LogP contribution in [0, 0.1) is 13.8 Å². The summed E-state index contributed by atoms with van der Waals surface area (Å²) >= 11 is 4.67. The van der Waals surface area contributed by atoms with E-state index in [9.17, 15) is 9.59 Å². The second-order valence-corrected chi connectivity index (χ2v) is 7.45. The molecule has 1 aromatic carbocycles. The second kappa shape index (κ2) is 7.84. The van der Waals surface area contributed by atoms with E-state index in [-0.39, 0.29) is 18.2 Å². The normalized spacial score (nSPS) is 10.6. The molecule has 2 aromatic heterocycles. The first-order chi connectivity index (χ1) is 12.4. The molecule has 26 heavy (non-hydrogen) atoms. The van der Waals surface area contributed by atoms with Gasteiger partial charge in [0.1, 0.15) is 5.76 Å². The largest absolute Gasteiger partial charge is 0.469 e. The van der Waals surface area contributed by atoms with Gasteiger partial charge in [0.15, 0.2) is 5.13 Å². The van der Waals surface area contributed by atoms with E-state index in [1.807, 2.05) is 25.1 Å². The molecule has 2 heterocycles. The minimum Gasteiger partial charge on any atom is -0.469 e. The van der Waals surface area contributed by atoms with Gasteiger partial charge >= 0.3 is 0 Å². The van der Waals surface area contributed by atoms with Gasteiger partial charge in [-0.15, -0.1) is 11.3 Å². The number of halogens is 1. The smallest absolute Gasteiger partial charge is 0.260 e. The summed E-state index contributed by atoms with van der Waals surface area (Å²) in [6.07, 6.45) is 1.60. The average Bonchev–Trinajstić information content (AvgIpc) is 3.19. The molecule has 0 aliphatic carbocycles. The van der Waals surface area contributed by atoms with Crippen molar-refractivity contribution in [3.05, 3.63) is 63.0 Å². The zero-order valence-electron chi connectivity index (χ0n) is 14.1. The van der Waals surface area contributed by atoms with Crippen LogP contribution in [-0.2, 0) is 11.2 Å². The van der Waals surface area contributed by atoms with Crippen LogP contribution in [0.25, 0.3) is 0 Å². The lowest BCUT2D eigenvalue weighted by Crippen LogP contribution is -2.16. The lowest BCUT2D eigenvalue weighted by molar-refractivity contribution is -0.115. The number of aryl methyl sites for hydroxylation is 2. The van der Waals surface area contributed by atoms with Gasteiger partial charge in [0.25, 0.3) is 5.91 Å². The summed E-state index contributed by atoms with van der Waals surface area (Å²) in [5, 5.41) is 7.78. The molecule has 2 amide bonds. The van der Waals surface area contributed by atoms with Crippen LogP contribution in [0.3, 0.4) is 0 Å². The highest BCUT2D eigenvalue weighted by Gasteiger charge is 2.14. The van der Waals surface area contributed by atoms with Crippen molar-refractivity contribution in [2.75, 3.05) is 10.6 Å². The van der Waals surface area contributed by atoms with Crippen LogP contribution in [0.4, 0.5) is 10.8 Å². The fourth-order valence-electron chi connectivity index (χ4n) is 2.36. The van der Waals surface area contributed by atoms with E-state index in [4.69, 9.17) is 4.42 Å². The molecule has 0 aliphatic rings. The molecular formula is C18H16BrN3O3S. The summed E-state index contributed by atoms with van der Waals surface area (Å²) in [5.41, 5.74) is 2.79. The Morgan fingerprint density at radius 2 is 2.04 bits per heavy atom. The third kappa shape index (κ3) is 4.39. The fourth-order valence-corrected chi connectivity index (χ4v) is 3.54. The number of furan rings is 1. The second-order valence-electron chi connectivity index (χ2n) is 5.67. The van der Waals surface area contributed by atoms with E-state index in [1.54, 1.807) is 18.4 Å². The number of hydrogen-bond acceptors (Lipinski definition) is 5. The van der Waals surface area contributed by atoms with Crippen molar-refractivity contribution >= 4 is 49.9 Å². The number of anilines is 2. The predicted octanol–water partition coefficient (Wildman–Crippen LogP) is 4.55. The topological polar surface area (TPSA) is 84.2 Å². The standard InChI is InChI=1S/C18H16BrN3O3S/c1-10-7-12(19)3-4-15(10)21-16(23)8-13-9-26-18(20-13)22-17(24)14-5-6-25-11(14)2/h3-7,9H,8H2,1-2H3,(H,21,23)(H,20,22,24). The number of rotatable bonds is 5. The highest BCUT2D eigenvalue weighted by atomic mass is 79.9. The van der Waals surface area contributed by atoms with Crippen molar-refractivity contribution in [2.45, 2.75) is 20.3 Å². The van der Waals surface area contributed by atoms with Crippen LogP contribution in [0.1, 0.15) is 27.4 Å². The number of thiazole rings is 1. The minimum absolute atomic E-state index is 0.132. The molecule has 8 heteroatoms. The number of carbonyl (C=O) groups excluding carboxylic acids is 2. The van der Waals surface area contributed by atoms with Gasteiger partial charge in [0, 0.05) is 15.5 Å². The Hall–Kier alpha value is -2.45. The van der Waals surface area contributed by atoms with Crippen molar-refractivity contribution in [3.8, 4) is 0 Å². The maximum Gasteiger partial charge on any atom is 0.260 e. The summed E-state index contributed by atoms with van der Waals surface area (Å²) in [7, 11) is 0. The zero-order valence-corrected chi connectivity index (χ0v) is 16.5. The first kappa shape index (κ1) is 18.3. The molecule has 0 aliphatic heterocycles. The molecule has 0 radical (unpaired) electrons. The van der Waals surface area contributed by atoms with E-state index in [1.165, 1.54) is 17.6 Å². The number of hydrogen-bond donors (Lipinski definition) is 2. The third-order valence-corrected chi connectivity index (χ3v) is 4.98. The number of aromatic nitrogens is 1. The van der Waals surface area contributed by atoms with Crippen molar-refractivity contribution in [1.82, 2.24) is 4.98 Å². The summed E-state index contributed by atoms with van der Waals surface area (Å²) in [6, 6.07) is 7.26. The monoisotopic (exact) mass is 433 g/mol. The SMILES string of the molecule is Cc1cc(Br)ccc1NC(=O)Cc1csc(NC(=O)c2ccoc2C)n1. The Kier molecular flexibility index (Phi) is 5.53. The number of nitrogens with one attached hydrogen (secondary N) is 2. The lowest BCUT2D eigenvalue weighted by Gasteiger charge is -2.08. The van der Waals surface area contributed by atoms with Gasteiger partial charge in [0.05, 0.1) is 23.9 Å². The van der Waals surface area contributed by atoms with Crippen molar-refractivity contribution in [1.29, 1.82) is 0 Å². The molecule has 0 unspecified atom stereocenters. The molecule has 0 fully saturated rings. The Morgan fingerprint density at radius 3 is 2.73 bits per heavy atom. The summed E-state index contributed by atoms with van der Waals surface area (Å²) in [4.78, 5) is 28.7. The molecule has 0 bridgehead atoms. The Balaban J connectivity index is 1.60. The van der Waals surface area contributed by atoms with Crippen molar-refractivity contribution in [3.63, 3.8) is 0 Å². The van der Waals surface area contributed by atoms with Gasteiger partial charge in [-0.3, -0.25) is 14.9 Å². The highest BCUT2D eigenvalue weighted by Crippen LogP contribution is 2.21. The van der Waals surface area contributed by atoms with Crippen LogP contribution in [0.2, 0.25) is 0 Å². The maximum absolute atomic E-state index is 12.2. The predicted molar refractivity (Wildman–Crippen MR) is 105 cm³/mol. The number of carbonyl (C=O) groups is 2. The molecule has 134 valence electrons. The molecule has 0 atom stereocenters. The fraction of sp³-hybridized carbons (Fsp3) is 0.167. The van der Waals surface area contributed by atoms with Gasteiger partial charge in [0.2, 0.25) is 5.91 Å². The van der Waals surface area contributed by atoms with Crippen LogP contribution in [0.5, 0.6) is 0 Å². The maximum atomic E-state index is 12.2. The summed E-state index contributed by atoms with van der Waals surface area (Å²) in [6.45, 7) is 3.64. The molecule has 0 saturated carbocycles. The molecule has 2 N–H and O–H groups in total. The summed E-state index contributed by atoms with van der Waals surface area (Å²) < 4.78 is 6.08. The Labute approximate surface area is 162 Å². The average molecular weight is 434 g/mol. The van der Waals surface area contributed by atoms with E-state index < -0.39 is 0 Å². The minimum atomic E-state index is -0.285. The van der Waals surface area contributed by atoms with Gasteiger partial charge in [-0.05, 0) is 43.7 Å². The number of nitrogens with zero attached hydrogens (tertiary/aromatic N) is 1. The van der Waals surface area contributed by atoms with Gasteiger partial charge in [-0.2, -0.15) is 0 Å². The highest BCUT2D eigenvalue weighted by molar-refractivity contribution is 9.10. The third-order valence-electron chi connectivity index (χ3n) is 3.68. The van der Waals surface area contributed by atoms with Crippen LogP contribution >= 0.6 is 27.3 Å². The first-order valence-electron chi connectivity index (χ1n) is 7.78. The van der Waals surface area contributed by atoms with Crippen LogP contribution in [-0.4, -0.2) is 16.8 Å². The Bertz CT molecular complexity index is 964. The molecular weight excluding hydrogens is 418 g/mol. The molecule has 0 spiro atoms. The van der Waals surface area contributed by atoms with E-state index >= 15 is 0 Å². The zero-order chi connectivity index (χ0) is 18.7. The van der Waals surface area contributed by atoms with E-state index in [2.05, 4.69) is 31.5 Å². The molecule has 3 aromatic rings. The van der Waals surface area contributed by atoms with Crippen molar-refractivity contribution < 1.29 is 14.0 Å². The van der Waals surface area contributed by atoms with E-state index in [0.29, 0.717) is 22.1 Å². The van der Waals surface area contributed by atoms with Crippen LogP contribution in [0.15, 0.2) is 44.8 Å². The Morgan fingerprint density at radius 1 is 1.23 bits per heavy atom. The molecule has 0 saturated heterocycles. The molecule has 6 nitrogen and oxygen atoms in total. The van der Waals surface area contributed by atoms with Gasteiger partial charge < -0.3 is 9.73 Å². The quantitative estimate of drug-likeness (QED) is 0.617. The molecule has 3 rings (SSSR count). The number of benzene rings is 1. The van der Waals surface area contributed by atoms with Crippen LogP contribution < -0.4 is 10.6 Å².